The van der Waals surface area contributed by atoms with Crippen LogP contribution in [-0.2, 0) is 4.79 Å². The molecule has 1 heterocycles. The van der Waals surface area contributed by atoms with E-state index >= 15 is 0 Å². The molecular formula is C20H20N4O4S2. The number of thioether (sulfide) groups is 1. The molecule has 2 N–H and O–H groups in total. The Morgan fingerprint density at radius 1 is 1.03 bits per heavy atom. The minimum Gasteiger partial charge on any atom is -0.493 e. The summed E-state index contributed by atoms with van der Waals surface area (Å²) in [4.78, 5) is 24.6. The lowest BCUT2D eigenvalue weighted by atomic mass is 10.2. The molecule has 0 radical (unpaired) electrons. The zero-order valence-electron chi connectivity index (χ0n) is 16.6. The monoisotopic (exact) mass is 444 g/mol. The molecule has 3 aromatic rings. The molecule has 0 saturated heterocycles. The highest BCUT2D eigenvalue weighted by Gasteiger charge is 2.14. The lowest BCUT2D eigenvalue weighted by molar-refractivity contribution is -0.113. The Bertz CT molecular complexity index is 1050. The summed E-state index contributed by atoms with van der Waals surface area (Å²) in [5, 5.41) is 13.8. The van der Waals surface area contributed by atoms with Crippen LogP contribution in [-0.4, -0.2) is 42.0 Å². The van der Waals surface area contributed by atoms with Crippen LogP contribution in [0, 0.1) is 6.92 Å². The standard InChI is InChI=1S/C20H20N4O4S2/c1-12-5-4-6-14(9-12)21-17(25)11-29-20-24-23-19(30-20)22-18(26)13-7-8-15(27-2)16(10-13)28-3/h4-10H,11H2,1-3H3,(H,21,25)(H,22,23,26). The largest absolute Gasteiger partial charge is 0.493 e. The first-order chi connectivity index (χ1) is 14.5. The molecule has 2 aromatic carbocycles. The minimum atomic E-state index is -0.346. The van der Waals surface area contributed by atoms with Gasteiger partial charge >= 0.3 is 0 Å². The summed E-state index contributed by atoms with van der Waals surface area (Å²) < 4.78 is 11.0. The topological polar surface area (TPSA) is 102 Å². The molecule has 0 aliphatic rings. The van der Waals surface area contributed by atoms with Crippen molar-refractivity contribution >= 4 is 45.7 Å². The lowest BCUT2D eigenvalue weighted by Crippen LogP contribution is -2.13. The molecule has 0 aliphatic heterocycles. The molecule has 0 bridgehead atoms. The number of hydrogen-bond acceptors (Lipinski definition) is 8. The number of anilines is 2. The number of carbonyl (C=O) groups is 2. The van der Waals surface area contributed by atoms with Gasteiger partial charge in [-0.1, -0.05) is 35.2 Å². The van der Waals surface area contributed by atoms with Gasteiger partial charge in [-0.05, 0) is 42.8 Å². The van der Waals surface area contributed by atoms with Gasteiger partial charge in [-0.15, -0.1) is 10.2 Å². The van der Waals surface area contributed by atoms with Gasteiger partial charge in [-0.3, -0.25) is 14.9 Å². The number of rotatable bonds is 8. The highest BCUT2D eigenvalue weighted by molar-refractivity contribution is 8.01. The third-order valence-corrected chi connectivity index (χ3v) is 5.87. The van der Waals surface area contributed by atoms with E-state index in [-0.39, 0.29) is 17.6 Å². The molecule has 0 aliphatic carbocycles. The van der Waals surface area contributed by atoms with E-state index in [1.165, 1.54) is 37.3 Å². The smallest absolute Gasteiger partial charge is 0.257 e. The zero-order valence-corrected chi connectivity index (χ0v) is 18.2. The SMILES string of the molecule is COc1ccc(C(=O)Nc2nnc(SCC(=O)Nc3cccc(C)c3)s2)cc1OC. The van der Waals surface area contributed by atoms with E-state index in [0.717, 1.165) is 11.3 Å². The number of aryl methyl sites for hydroxylation is 1. The molecule has 30 heavy (non-hydrogen) atoms. The minimum absolute atomic E-state index is 0.142. The van der Waals surface area contributed by atoms with Crippen molar-refractivity contribution in [1.29, 1.82) is 0 Å². The van der Waals surface area contributed by atoms with Crippen molar-refractivity contribution in [2.45, 2.75) is 11.3 Å². The molecular weight excluding hydrogens is 424 g/mol. The van der Waals surface area contributed by atoms with Gasteiger partial charge < -0.3 is 14.8 Å². The first kappa shape index (κ1) is 21.6. The van der Waals surface area contributed by atoms with Crippen molar-refractivity contribution in [2.75, 3.05) is 30.6 Å². The molecule has 1 aromatic heterocycles. The van der Waals surface area contributed by atoms with Crippen LogP contribution in [0.25, 0.3) is 0 Å². The number of methoxy groups -OCH3 is 2. The number of nitrogens with one attached hydrogen (secondary N) is 2. The van der Waals surface area contributed by atoms with Gasteiger partial charge in [0, 0.05) is 11.3 Å². The van der Waals surface area contributed by atoms with Crippen LogP contribution in [0.15, 0.2) is 46.8 Å². The highest BCUT2D eigenvalue weighted by atomic mass is 32.2. The van der Waals surface area contributed by atoms with Crippen LogP contribution in [0.1, 0.15) is 15.9 Å². The van der Waals surface area contributed by atoms with Crippen LogP contribution in [0.2, 0.25) is 0 Å². The second-order valence-electron chi connectivity index (χ2n) is 6.10. The fourth-order valence-electron chi connectivity index (χ4n) is 2.51. The number of aromatic nitrogens is 2. The Morgan fingerprint density at radius 3 is 2.57 bits per heavy atom. The summed E-state index contributed by atoms with van der Waals surface area (Å²) >= 11 is 2.45. The van der Waals surface area contributed by atoms with Gasteiger partial charge in [0.05, 0.1) is 20.0 Å². The third-order valence-electron chi connectivity index (χ3n) is 3.90. The first-order valence-corrected chi connectivity index (χ1v) is 10.6. The number of hydrogen-bond donors (Lipinski definition) is 2. The summed E-state index contributed by atoms with van der Waals surface area (Å²) in [6, 6.07) is 12.4. The lowest BCUT2D eigenvalue weighted by Gasteiger charge is -2.08. The number of benzene rings is 2. The van der Waals surface area contributed by atoms with Gasteiger partial charge in [0.15, 0.2) is 15.8 Å². The molecule has 2 amide bonds. The summed E-state index contributed by atoms with van der Waals surface area (Å²) in [5.41, 5.74) is 2.22. The van der Waals surface area contributed by atoms with Crippen LogP contribution in [0.5, 0.6) is 11.5 Å². The molecule has 0 atom stereocenters. The Morgan fingerprint density at radius 2 is 1.83 bits per heavy atom. The number of carbonyl (C=O) groups excluding carboxylic acids is 2. The predicted octanol–water partition coefficient (Wildman–Crippen LogP) is 3.85. The average molecular weight is 445 g/mol. The number of amides is 2. The Labute approximate surface area is 182 Å². The van der Waals surface area contributed by atoms with Crippen molar-refractivity contribution in [1.82, 2.24) is 10.2 Å². The van der Waals surface area contributed by atoms with Crippen molar-refractivity contribution in [2.24, 2.45) is 0 Å². The molecule has 0 saturated carbocycles. The molecule has 3 rings (SSSR count). The molecule has 10 heteroatoms. The Hall–Kier alpha value is -3.11. The van der Waals surface area contributed by atoms with E-state index in [1.54, 1.807) is 18.2 Å². The molecule has 8 nitrogen and oxygen atoms in total. The number of ether oxygens (including phenoxy) is 2. The Kier molecular flexibility index (Phi) is 7.26. The number of nitrogens with zero attached hydrogens (tertiary/aromatic N) is 2. The van der Waals surface area contributed by atoms with E-state index in [9.17, 15) is 9.59 Å². The van der Waals surface area contributed by atoms with E-state index in [0.29, 0.717) is 26.5 Å². The second kappa shape index (κ2) is 10.1. The highest BCUT2D eigenvalue weighted by Crippen LogP contribution is 2.29. The van der Waals surface area contributed by atoms with Gasteiger partial charge in [0.25, 0.3) is 5.91 Å². The fourth-order valence-corrected chi connectivity index (χ4v) is 4.06. The van der Waals surface area contributed by atoms with Gasteiger partial charge in [-0.2, -0.15) is 0 Å². The molecule has 0 unspecified atom stereocenters. The maximum absolute atomic E-state index is 12.4. The summed E-state index contributed by atoms with van der Waals surface area (Å²) in [6.45, 7) is 1.96. The summed E-state index contributed by atoms with van der Waals surface area (Å²) in [6.07, 6.45) is 0. The maximum Gasteiger partial charge on any atom is 0.257 e. The van der Waals surface area contributed by atoms with Gasteiger partial charge in [-0.25, -0.2) is 0 Å². The van der Waals surface area contributed by atoms with Gasteiger partial charge in [0.1, 0.15) is 0 Å². The average Bonchev–Trinajstić information content (AvgIpc) is 3.19. The third kappa shape index (κ3) is 5.71. The molecule has 0 fully saturated rings. The molecule has 0 spiro atoms. The first-order valence-electron chi connectivity index (χ1n) is 8.84. The van der Waals surface area contributed by atoms with E-state index in [4.69, 9.17) is 9.47 Å². The van der Waals surface area contributed by atoms with Crippen molar-refractivity contribution < 1.29 is 19.1 Å². The quantitative estimate of drug-likeness (QED) is 0.402. The molecule has 156 valence electrons. The van der Waals surface area contributed by atoms with Crippen LogP contribution in [0.3, 0.4) is 0 Å². The maximum atomic E-state index is 12.4. The van der Waals surface area contributed by atoms with Crippen LogP contribution < -0.4 is 20.1 Å². The van der Waals surface area contributed by atoms with Crippen molar-refractivity contribution in [3.63, 3.8) is 0 Å². The van der Waals surface area contributed by atoms with Gasteiger partial charge in [0.2, 0.25) is 11.0 Å². The normalized spacial score (nSPS) is 10.4. The van der Waals surface area contributed by atoms with Crippen molar-refractivity contribution in [3.8, 4) is 11.5 Å². The van der Waals surface area contributed by atoms with Crippen molar-refractivity contribution in [3.05, 3.63) is 53.6 Å². The summed E-state index contributed by atoms with van der Waals surface area (Å²) in [5.74, 6) is 0.690. The second-order valence-corrected chi connectivity index (χ2v) is 8.30. The van der Waals surface area contributed by atoms with Crippen LogP contribution in [0.4, 0.5) is 10.8 Å². The van der Waals surface area contributed by atoms with E-state index < -0.39 is 0 Å². The fraction of sp³-hybridized carbons (Fsp3) is 0.200. The predicted molar refractivity (Wildman–Crippen MR) is 118 cm³/mol. The Balaban J connectivity index is 1.54. The van der Waals surface area contributed by atoms with E-state index in [2.05, 4.69) is 20.8 Å². The summed E-state index contributed by atoms with van der Waals surface area (Å²) in [7, 11) is 3.03. The van der Waals surface area contributed by atoms with E-state index in [1.807, 2.05) is 31.2 Å². The zero-order chi connectivity index (χ0) is 21.5. The van der Waals surface area contributed by atoms with Crippen LogP contribution >= 0.6 is 23.1 Å².